The van der Waals surface area contributed by atoms with Gasteiger partial charge in [-0.2, -0.15) is 0 Å². The first kappa shape index (κ1) is 15.2. The average molecular weight is 328 g/mol. The molecule has 1 N–H and O–H groups in total. The van der Waals surface area contributed by atoms with Gasteiger partial charge in [0, 0.05) is 10.6 Å². The maximum atomic E-state index is 12.2. The normalized spacial score (nSPS) is 11.9. The van der Waals surface area contributed by atoms with Crippen LogP contribution in [0.5, 0.6) is 0 Å². The first-order valence-electron chi connectivity index (χ1n) is 7.09. The molecule has 0 saturated heterocycles. The molecule has 0 aliphatic rings. The molecule has 0 bridgehead atoms. The number of hydrogen-bond acceptors (Lipinski definition) is 4. The number of nitrogens with zero attached hydrogens (tertiary/aromatic N) is 2. The molecule has 2 aromatic carbocycles. The van der Waals surface area contributed by atoms with Crippen LogP contribution in [0.2, 0.25) is 5.02 Å². The molecule has 23 heavy (non-hydrogen) atoms. The molecule has 116 valence electrons. The summed E-state index contributed by atoms with van der Waals surface area (Å²) in [6.07, 6.45) is 0. The first-order valence-corrected chi connectivity index (χ1v) is 7.46. The molecule has 0 saturated carbocycles. The van der Waals surface area contributed by atoms with Gasteiger partial charge in [-0.05, 0) is 30.7 Å². The van der Waals surface area contributed by atoms with Crippen LogP contribution < -0.4 is 5.32 Å². The SMILES string of the molecule is CC(NC(=O)c1nnc(-c2cccc(Cl)c2)o1)c1ccccc1. The van der Waals surface area contributed by atoms with E-state index in [2.05, 4.69) is 15.5 Å². The van der Waals surface area contributed by atoms with E-state index in [1.807, 2.05) is 37.3 Å². The van der Waals surface area contributed by atoms with E-state index in [4.69, 9.17) is 16.0 Å². The highest BCUT2D eigenvalue weighted by atomic mass is 35.5. The molecule has 0 fully saturated rings. The second-order valence-corrected chi connectivity index (χ2v) is 5.46. The highest BCUT2D eigenvalue weighted by Gasteiger charge is 2.18. The van der Waals surface area contributed by atoms with Crippen molar-refractivity contribution in [2.24, 2.45) is 0 Å². The number of aromatic nitrogens is 2. The zero-order valence-electron chi connectivity index (χ0n) is 12.4. The highest BCUT2D eigenvalue weighted by Crippen LogP contribution is 2.21. The van der Waals surface area contributed by atoms with Crippen molar-refractivity contribution in [3.05, 3.63) is 71.1 Å². The van der Waals surface area contributed by atoms with Crippen molar-refractivity contribution in [1.29, 1.82) is 0 Å². The smallest absolute Gasteiger partial charge is 0.309 e. The fraction of sp³-hybridized carbons (Fsp3) is 0.118. The molecule has 1 amide bonds. The van der Waals surface area contributed by atoms with Crippen LogP contribution in [0, 0.1) is 0 Å². The van der Waals surface area contributed by atoms with Crippen LogP contribution in [0.25, 0.3) is 11.5 Å². The van der Waals surface area contributed by atoms with Crippen LogP contribution in [-0.2, 0) is 0 Å². The molecule has 0 aliphatic carbocycles. The van der Waals surface area contributed by atoms with Gasteiger partial charge >= 0.3 is 11.8 Å². The quantitative estimate of drug-likeness (QED) is 0.789. The van der Waals surface area contributed by atoms with E-state index in [-0.39, 0.29) is 17.8 Å². The van der Waals surface area contributed by atoms with Gasteiger partial charge in [-0.3, -0.25) is 4.79 Å². The van der Waals surface area contributed by atoms with Gasteiger partial charge in [0.1, 0.15) is 0 Å². The van der Waals surface area contributed by atoms with Crippen LogP contribution in [0.3, 0.4) is 0 Å². The van der Waals surface area contributed by atoms with Gasteiger partial charge in [-0.1, -0.05) is 48.0 Å². The summed E-state index contributed by atoms with van der Waals surface area (Å²) in [4.78, 5) is 12.2. The van der Waals surface area contributed by atoms with E-state index in [1.54, 1.807) is 24.3 Å². The molecule has 1 aromatic heterocycles. The van der Waals surface area contributed by atoms with Crippen molar-refractivity contribution < 1.29 is 9.21 Å². The molecule has 3 rings (SSSR count). The van der Waals surface area contributed by atoms with Crippen LogP contribution in [0.15, 0.2) is 59.0 Å². The molecular formula is C17H14ClN3O2. The van der Waals surface area contributed by atoms with E-state index in [0.29, 0.717) is 10.6 Å². The topological polar surface area (TPSA) is 68.0 Å². The van der Waals surface area contributed by atoms with E-state index in [0.717, 1.165) is 5.56 Å². The average Bonchev–Trinajstić information content (AvgIpc) is 3.06. The molecule has 5 nitrogen and oxygen atoms in total. The molecule has 1 heterocycles. The molecule has 1 unspecified atom stereocenters. The van der Waals surface area contributed by atoms with Gasteiger partial charge in [0.15, 0.2) is 0 Å². The summed E-state index contributed by atoms with van der Waals surface area (Å²) in [6, 6.07) is 16.5. The molecule has 0 radical (unpaired) electrons. The lowest BCUT2D eigenvalue weighted by Crippen LogP contribution is -2.26. The zero-order valence-corrected chi connectivity index (χ0v) is 13.1. The van der Waals surface area contributed by atoms with Crippen molar-refractivity contribution >= 4 is 17.5 Å². The number of hydrogen-bond donors (Lipinski definition) is 1. The number of rotatable bonds is 4. The van der Waals surface area contributed by atoms with Crippen LogP contribution in [0.1, 0.15) is 29.2 Å². The Morgan fingerprint density at radius 2 is 1.91 bits per heavy atom. The predicted molar refractivity (Wildman–Crippen MR) is 87.1 cm³/mol. The summed E-state index contributed by atoms with van der Waals surface area (Å²) in [5, 5.41) is 11.1. The first-order chi connectivity index (χ1) is 11.1. The lowest BCUT2D eigenvalue weighted by Gasteiger charge is -2.12. The summed E-state index contributed by atoms with van der Waals surface area (Å²) in [6.45, 7) is 1.89. The van der Waals surface area contributed by atoms with E-state index >= 15 is 0 Å². The Hall–Kier alpha value is -2.66. The van der Waals surface area contributed by atoms with Gasteiger partial charge in [-0.15, -0.1) is 10.2 Å². The second-order valence-electron chi connectivity index (χ2n) is 5.03. The maximum absolute atomic E-state index is 12.2. The van der Waals surface area contributed by atoms with Crippen molar-refractivity contribution in [3.8, 4) is 11.5 Å². The Labute approximate surface area is 138 Å². The van der Waals surface area contributed by atoms with Crippen LogP contribution in [0.4, 0.5) is 0 Å². The lowest BCUT2D eigenvalue weighted by atomic mass is 10.1. The minimum atomic E-state index is -0.415. The van der Waals surface area contributed by atoms with Gasteiger partial charge in [-0.25, -0.2) is 0 Å². The van der Waals surface area contributed by atoms with Crippen LogP contribution in [-0.4, -0.2) is 16.1 Å². The fourth-order valence-corrected chi connectivity index (χ4v) is 2.33. The largest absolute Gasteiger partial charge is 0.412 e. The zero-order chi connectivity index (χ0) is 16.2. The highest BCUT2D eigenvalue weighted by molar-refractivity contribution is 6.30. The number of benzene rings is 2. The second kappa shape index (κ2) is 6.62. The third-order valence-corrected chi connectivity index (χ3v) is 3.57. The number of amides is 1. The summed E-state index contributed by atoms with van der Waals surface area (Å²) in [5.74, 6) is -0.241. The summed E-state index contributed by atoms with van der Waals surface area (Å²) < 4.78 is 5.43. The Morgan fingerprint density at radius 3 is 2.65 bits per heavy atom. The standard InChI is InChI=1S/C17H14ClN3O2/c1-11(12-6-3-2-4-7-12)19-15(22)17-21-20-16(23-17)13-8-5-9-14(18)10-13/h2-11H,1H3,(H,19,22). The van der Waals surface area contributed by atoms with Crippen molar-refractivity contribution in [3.63, 3.8) is 0 Å². The Balaban J connectivity index is 1.74. The Bertz CT molecular complexity index is 817. The Morgan fingerprint density at radius 1 is 1.13 bits per heavy atom. The molecule has 0 aliphatic heterocycles. The Kier molecular flexibility index (Phi) is 4.39. The third kappa shape index (κ3) is 3.57. The number of carbonyl (C=O) groups excluding carboxylic acids is 1. The fourth-order valence-electron chi connectivity index (χ4n) is 2.14. The van der Waals surface area contributed by atoms with Crippen molar-refractivity contribution in [1.82, 2.24) is 15.5 Å². The van der Waals surface area contributed by atoms with Crippen molar-refractivity contribution in [2.45, 2.75) is 13.0 Å². The van der Waals surface area contributed by atoms with Gasteiger partial charge < -0.3 is 9.73 Å². The summed E-state index contributed by atoms with van der Waals surface area (Å²) in [7, 11) is 0. The molecule has 6 heteroatoms. The van der Waals surface area contributed by atoms with Crippen molar-refractivity contribution in [2.75, 3.05) is 0 Å². The molecule has 1 atom stereocenters. The van der Waals surface area contributed by atoms with E-state index in [1.165, 1.54) is 0 Å². The number of carbonyl (C=O) groups is 1. The van der Waals surface area contributed by atoms with E-state index in [9.17, 15) is 4.79 Å². The minimum absolute atomic E-state index is 0.0808. The van der Waals surface area contributed by atoms with Gasteiger partial charge in [0.05, 0.1) is 6.04 Å². The molecule has 0 spiro atoms. The number of nitrogens with one attached hydrogen (secondary N) is 1. The molecule has 3 aromatic rings. The third-order valence-electron chi connectivity index (χ3n) is 3.34. The molecular weight excluding hydrogens is 314 g/mol. The monoisotopic (exact) mass is 327 g/mol. The predicted octanol–water partition coefficient (Wildman–Crippen LogP) is 3.88. The van der Waals surface area contributed by atoms with Gasteiger partial charge in [0.2, 0.25) is 5.89 Å². The summed E-state index contributed by atoms with van der Waals surface area (Å²) >= 11 is 5.93. The lowest BCUT2D eigenvalue weighted by molar-refractivity contribution is 0.0905. The number of halogens is 1. The van der Waals surface area contributed by atoms with E-state index < -0.39 is 5.91 Å². The summed E-state index contributed by atoms with van der Waals surface area (Å²) in [5.41, 5.74) is 1.66. The van der Waals surface area contributed by atoms with Crippen LogP contribution >= 0.6 is 11.6 Å². The van der Waals surface area contributed by atoms with Gasteiger partial charge in [0.25, 0.3) is 0 Å². The maximum Gasteiger partial charge on any atom is 0.309 e. The minimum Gasteiger partial charge on any atom is -0.412 e.